The van der Waals surface area contributed by atoms with Crippen LogP contribution >= 0.6 is 22.9 Å². The molecule has 1 heterocycles. The summed E-state index contributed by atoms with van der Waals surface area (Å²) >= 11 is 6.94. The van der Waals surface area contributed by atoms with Gasteiger partial charge < -0.3 is 10.1 Å². The number of hydrogen-bond donors (Lipinski definition) is 1. The van der Waals surface area contributed by atoms with Crippen LogP contribution in [0.4, 0.5) is 10.7 Å². The molecule has 3 aromatic rings. The van der Waals surface area contributed by atoms with E-state index in [1.54, 1.807) is 36.6 Å². The van der Waals surface area contributed by atoms with Crippen molar-refractivity contribution in [3.8, 4) is 17.2 Å². The third-order valence-corrected chi connectivity index (χ3v) is 5.58. The maximum atomic E-state index is 12.8. The van der Waals surface area contributed by atoms with Gasteiger partial charge in [0.25, 0.3) is 11.6 Å². The molecule has 166 valence electrons. The summed E-state index contributed by atoms with van der Waals surface area (Å²) in [4.78, 5) is 35.8. The quantitative estimate of drug-likeness (QED) is 0.152. The fraction of sp³-hybridized carbons (Fsp3) is 0.0870. The highest BCUT2D eigenvalue weighted by molar-refractivity contribution is 7.15. The molecule has 0 unspecified atom stereocenters. The predicted molar refractivity (Wildman–Crippen MR) is 126 cm³/mol. The van der Waals surface area contributed by atoms with Gasteiger partial charge in [-0.15, -0.1) is 11.3 Å². The summed E-state index contributed by atoms with van der Waals surface area (Å²) in [6.45, 7) is 1.76. The molecular weight excluding hydrogens is 466 g/mol. The number of nitro benzene ring substituents is 1. The second-order valence-corrected chi connectivity index (χ2v) is 7.87. The van der Waals surface area contributed by atoms with Crippen LogP contribution in [0.1, 0.15) is 22.8 Å². The van der Waals surface area contributed by atoms with Crippen LogP contribution in [0.15, 0.2) is 59.5 Å². The van der Waals surface area contributed by atoms with Crippen molar-refractivity contribution < 1.29 is 19.2 Å². The Bertz CT molecular complexity index is 1270. The van der Waals surface area contributed by atoms with Crippen LogP contribution in [0.2, 0.25) is 5.02 Å². The number of carbonyl (C=O) groups is 2. The largest absolute Gasteiger partial charge is 0.462 e. The van der Waals surface area contributed by atoms with Crippen molar-refractivity contribution in [2.24, 2.45) is 0 Å². The fourth-order valence-electron chi connectivity index (χ4n) is 2.88. The zero-order chi connectivity index (χ0) is 24.0. The number of thiophene rings is 1. The van der Waals surface area contributed by atoms with Gasteiger partial charge in [0.15, 0.2) is 0 Å². The molecule has 3 rings (SSSR count). The van der Waals surface area contributed by atoms with E-state index < -0.39 is 16.8 Å². The first kappa shape index (κ1) is 23.7. The number of benzene rings is 2. The molecule has 33 heavy (non-hydrogen) atoms. The molecule has 10 heteroatoms. The zero-order valence-electron chi connectivity index (χ0n) is 17.2. The van der Waals surface area contributed by atoms with Crippen molar-refractivity contribution in [2.75, 3.05) is 11.9 Å². The number of anilines is 1. The van der Waals surface area contributed by atoms with Crippen molar-refractivity contribution in [2.45, 2.75) is 6.92 Å². The van der Waals surface area contributed by atoms with E-state index in [-0.39, 0.29) is 28.4 Å². The topological polar surface area (TPSA) is 122 Å². The van der Waals surface area contributed by atoms with Gasteiger partial charge in [0, 0.05) is 28.1 Å². The first-order valence-electron chi connectivity index (χ1n) is 9.56. The first-order chi connectivity index (χ1) is 15.8. The lowest BCUT2D eigenvalue weighted by atomic mass is 10.0. The van der Waals surface area contributed by atoms with Crippen molar-refractivity contribution in [1.29, 1.82) is 5.26 Å². The smallest absolute Gasteiger partial charge is 0.341 e. The summed E-state index contributed by atoms with van der Waals surface area (Å²) in [6, 6.07) is 14.1. The lowest BCUT2D eigenvalue weighted by Crippen LogP contribution is -2.16. The van der Waals surface area contributed by atoms with Crippen LogP contribution in [0.3, 0.4) is 0 Å². The third kappa shape index (κ3) is 5.63. The summed E-state index contributed by atoms with van der Waals surface area (Å²) in [5.74, 6) is -1.36. The number of nitro groups is 1. The van der Waals surface area contributed by atoms with Gasteiger partial charge in [-0.1, -0.05) is 23.7 Å². The molecule has 0 saturated heterocycles. The number of amides is 1. The van der Waals surface area contributed by atoms with Crippen molar-refractivity contribution in [3.63, 3.8) is 0 Å². The minimum atomic E-state index is -0.699. The van der Waals surface area contributed by atoms with Crippen molar-refractivity contribution in [1.82, 2.24) is 0 Å². The highest BCUT2D eigenvalue weighted by Crippen LogP contribution is 2.37. The molecule has 0 radical (unpaired) electrons. The number of esters is 1. The van der Waals surface area contributed by atoms with Crippen LogP contribution in [-0.4, -0.2) is 23.4 Å². The van der Waals surface area contributed by atoms with E-state index in [2.05, 4.69) is 5.32 Å². The number of halogens is 1. The van der Waals surface area contributed by atoms with E-state index >= 15 is 0 Å². The molecule has 1 amide bonds. The Balaban J connectivity index is 1.96. The van der Waals surface area contributed by atoms with Gasteiger partial charge in [-0.25, -0.2) is 4.79 Å². The second-order valence-electron chi connectivity index (χ2n) is 6.55. The van der Waals surface area contributed by atoms with Gasteiger partial charge >= 0.3 is 5.97 Å². The molecule has 0 aliphatic carbocycles. The van der Waals surface area contributed by atoms with E-state index in [0.717, 1.165) is 11.3 Å². The molecule has 0 aliphatic heterocycles. The average molecular weight is 482 g/mol. The second kappa shape index (κ2) is 10.5. The number of ether oxygens (including phenoxy) is 1. The molecule has 1 aromatic heterocycles. The van der Waals surface area contributed by atoms with E-state index in [4.69, 9.17) is 16.3 Å². The van der Waals surface area contributed by atoms with Gasteiger partial charge in [0.1, 0.15) is 22.2 Å². The van der Waals surface area contributed by atoms with E-state index in [9.17, 15) is 25.0 Å². The highest BCUT2D eigenvalue weighted by Gasteiger charge is 2.24. The van der Waals surface area contributed by atoms with Crippen LogP contribution in [0.5, 0.6) is 0 Å². The van der Waals surface area contributed by atoms with Gasteiger partial charge in [0.05, 0.1) is 11.5 Å². The van der Waals surface area contributed by atoms with E-state index in [1.807, 2.05) is 6.07 Å². The van der Waals surface area contributed by atoms with Crippen molar-refractivity contribution in [3.05, 3.63) is 85.7 Å². The highest BCUT2D eigenvalue weighted by atomic mass is 35.5. The maximum Gasteiger partial charge on any atom is 0.341 e. The number of nitriles is 1. The molecule has 1 N–H and O–H groups in total. The Labute approximate surface area is 197 Å². The van der Waals surface area contributed by atoms with Gasteiger partial charge in [0.2, 0.25) is 0 Å². The Morgan fingerprint density at radius 2 is 1.88 bits per heavy atom. The molecule has 2 aromatic carbocycles. The molecule has 0 spiro atoms. The number of hydrogen-bond acceptors (Lipinski definition) is 7. The number of nitrogens with zero attached hydrogens (tertiary/aromatic N) is 2. The number of rotatable bonds is 7. The Morgan fingerprint density at radius 1 is 1.21 bits per heavy atom. The maximum absolute atomic E-state index is 12.8. The normalized spacial score (nSPS) is 10.9. The van der Waals surface area contributed by atoms with Gasteiger partial charge in [-0.05, 0) is 48.4 Å². The van der Waals surface area contributed by atoms with Crippen molar-refractivity contribution >= 4 is 51.6 Å². The molecular formula is C23H16ClN3O5S. The SMILES string of the molecule is CCOC(=O)c1c(-c2ccc([N+](=O)[O-])cc2)csc1NC(=O)/C(C#N)=C/c1ccc(Cl)cc1. The summed E-state index contributed by atoms with van der Waals surface area (Å²) in [6.07, 6.45) is 1.40. The minimum absolute atomic E-state index is 0.0915. The lowest BCUT2D eigenvalue weighted by Gasteiger charge is -2.08. The molecule has 0 saturated carbocycles. The molecule has 8 nitrogen and oxygen atoms in total. The summed E-state index contributed by atoms with van der Waals surface area (Å²) in [5, 5.41) is 25.3. The summed E-state index contributed by atoms with van der Waals surface area (Å²) in [5.41, 5.74) is 1.44. The molecule has 0 fully saturated rings. The third-order valence-electron chi connectivity index (χ3n) is 4.43. The number of carbonyl (C=O) groups excluding carboxylic acids is 2. The van der Waals surface area contributed by atoms with E-state index in [1.165, 1.54) is 30.3 Å². The molecule has 0 atom stereocenters. The van der Waals surface area contributed by atoms with Gasteiger partial charge in [-0.3, -0.25) is 14.9 Å². The van der Waals surface area contributed by atoms with Crippen LogP contribution < -0.4 is 5.32 Å². The standard InChI is InChI=1S/C23H16ClN3O5S/c1-2-32-23(29)20-19(15-5-9-18(10-6-15)27(30)31)13-33-22(20)26-21(28)16(12-25)11-14-3-7-17(24)8-4-14/h3-11,13H,2H2,1H3,(H,26,28)/b16-11+. The Hall–Kier alpha value is -4.00. The Kier molecular flexibility index (Phi) is 7.56. The predicted octanol–water partition coefficient (Wildman–Crippen LogP) is 5.70. The van der Waals surface area contributed by atoms with Gasteiger partial charge in [-0.2, -0.15) is 5.26 Å². The summed E-state index contributed by atoms with van der Waals surface area (Å²) in [7, 11) is 0. The lowest BCUT2D eigenvalue weighted by molar-refractivity contribution is -0.384. The Morgan fingerprint density at radius 3 is 2.45 bits per heavy atom. The average Bonchev–Trinajstić information content (AvgIpc) is 3.22. The minimum Gasteiger partial charge on any atom is -0.462 e. The van der Waals surface area contributed by atoms with E-state index in [0.29, 0.717) is 21.7 Å². The number of nitrogens with one attached hydrogen (secondary N) is 1. The monoisotopic (exact) mass is 481 g/mol. The fourth-order valence-corrected chi connectivity index (χ4v) is 3.95. The van der Waals surface area contributed by atoms with Crippen LogP contribution in [-0.2, 0) is 9.53 Å². The zero-order valence-corrected chi connectivity index (χ0v) is 18.8. The van der Waals surface area contributed by atoms with Crippen LogP contribution in [0, 0.1) is 21.4 Å². The summed E-state index contributed by atoms with van der Waals surface area (Å²) < 4.78 is 5.14. The number of non-ortho nitro benzene ring substituents is 1. The molecule has 0 aliphatic rings. The molecule has 0 bridgehead atoms. The first-order valence-corrected chi connectivity index (χ1v) is 10.8. The van der Waals surface area contributed by atoms with Crippen LogP contribution in [0.25, 0.3) is 17.2 Å².